The molecule has 2 rings (SSSR count). The summed E-state index contributed by atoms with van der Waals surface area (Å²) in [5, 5.41) is 15.1. The van der Waals surface area contributed by atoms with Crippen LogP contribution in [0.25, 0.3) is 0 Å². The smallest absolute Gasteiger partial charge is 0.271 e. The van der Waals surface area contributed by atoms with Gasteiger partial charge < -0.3 is 0 Å². The molecule has 0 aromatic heterocycles. The highest BCUT2D eigenvalue weighted by molar-refractivity contribution is 5.99. The van der Waals surface area contributed by atoms with Crippen molar-refractivity contribution in [1.82, 2.24) is 0 Å². The number of nitrogens with one attached hydrogen (secondary N) is 1. The third kappa shape index (κ3) is 4.39. The van der Waals surface area contributed by atoms with Crippen molar-refractivity contribution in [3.8, 4) is 0 Å². The van der Waals surface area contributed by atoms with Crippen molar-refractivity contribution < 1.29 is 4.92 Å². The zero-order valence-electron chi connectivity index (χ0n) is 13.8. The van der Waals surface area contributed by atoms with E-state index in [-0.39, 0.29) is 11.1 Å². The maximum Gasteiger partial charge on any atom is 0.271 e. The minimum atomic E-state index is -0.424. The van der Waals surface area contributed by atoms with Crippen LogP contribution in [0.5, 0.6) is 0 Å². The molecule has 0 fully saturated rings. The first-order valence-corrected chi connectivity index (χ1v) is 7.43. The molecule has 0 aliphatic heterocycles. The minimum Gasteiger partial charge on any atom is -0.278 e. The molecule has 0 saturated carbocycles. The number of rotatable bonds is 4. The summed E-state index contributed by atoms with van der Waals surface area (Å²) in [5.41, 5.74) is 6.70. The average Bonchev–Trinajstić information content (AvgIpc) is 2.52. The molecule has 0 bridgehead atoms. The summed E-state index contributed by atoms with van der Waals surface area (Å²) >= 11 is 0. The van der Waals surface area contributed by atoms with Gasteiger partial charge in [-0.25, -0.2) is 0 Å². The second-order valence-corrected chi connectivity index (χ2v) is 6.44. The van der Waals surface area contributed by atoms with Gasteiger partial charge in [-0.2, -0.15) is 5.10 Å². The normalized spacial score (nSPS) is 12.1. The maximum atomic E-state index is 10.8. The number of benzene rings is 2. The predicted molar refractivity (Wildman–Crippen MR) is 94.1 cm³/mol. The summed E-state index contributed by atoms with van der Waals surface area (Å²) in [6.45, 7) is 8.42. The van der Waals surface area contributed by atoms with Gasteiger partial charge in [0.05, 0.1) is 16.3 Å². The third-order valence-corrected chi connectivity index (χ3v) is 3.58. The topological polar surface area (TPSA) is 67.5 Å². The first-order chi connectivity index (χ1) is 10.8. The molecule has 0 spiro atoms. The van der Waals surface area contributed by atoms with Crippen molar-refractivity contribution in [2.45, 2.75) is 33.1 Å². The Kier molecular flexibility index (Phi) is 4.79. The van der Waals surface area contributed by atoms with Crippen LogP contribution in [-0.4, -0.2) is 10.6 Å². The van der Waals surface area contributed by atoms with Crippen molar-refractivity contribution in [2.75, 3.05) is 5.43 Å². The lowest BCUT2D eigenvalue weighted by molar-refractivity contribution is -0.384. The quantitative estimate of drug-likeness (QED) is 0.504. The molecule has 0 aliphatic rings. The Morgan fingerprint density at radius 1 is 1.13 bits per heavy atom. The summed E-state index contributed by atoms with van der Waals surface area (Å²) in [6, 6.07) is 14.6. The van der Waals surface area contributed by atoms with Crippen LogP contribution in [-0.2, 0) is 5.41 Å². The van der Waals surface area contributed by atoms with E-state index in [0.717, 1.165) is 11.3 Å². The van der Waals surface area contributed by atoms with Crippen molar-refractivity contribution in [3.63, 3.8) is 0 Å². The van der Waals surface area contributed by atoms with Gasteiger partial charge in [0.2, 0.25) is 0 Å². The number of anilines is 1. The van der Waals surface area contributed by atoms with Crippen molar-refractivity contribution in [1.29, 1.82) is 0 Å². The molecule has 0 amide bonds. The van der Waals surface area contributed by atoms with Gasteiger partial charge in [-0.1, -0.05) is 51.1 Å². The fraction of sp³-hybridized carbons (Fsp3) is 0.278. The van der Waals surface area contributed by atoms with E-state index in [1.54, 1.807) is 12.1 Å². The Bertz CT molecular complexity index is 729. The van der Waals surface area contributed by atoms with Crippen molar-refractivity contribution in [2.24, 2.45) is 5.10 Å². The van der Waals surface area contributed by atoms with Crippen LogP contribution in [0.4, 0.5) is 11.4 Å². The lowest BCUT2D eigenvalue weighted by Gasteiger charge is -2.19. The number of hydrogen-bond acceptors (Lipinski definition) is 4. The monoisotopic (exact) mass is 311 g/mol. The Hall–Kier alpha value is -2.69. The van der Waals surface area contributed by atoms with Crippen LogP contribution in [0, 0.1) is 10.1 Å². The van der Waals surface area contributed by atoms with Crippen molar-refractivity contribution in [3.05, 3.63) is 69.8 Å². The first-order valence-electron chi connectivity index (χ1n) is 7.43. The van der Waals surface area contributed by atoms with E-state index in [0.29, 0.717) is 5.69 Å². The lowest BCUT2D eigenvalue weighted by Crippen LogP contribution is -2.11. The molecular weight excluding hydrogens is 290 g/mol. The van der Waals surface area contributed by atoms with Crippen LogP contribution in [0.2, 0.25) is 0 Å². The van der Waals surface area contributed by atoms with E-state index < -0.39 is 4.92 Å². The van der Waals surface area contributed by atoms with E-state index in [1.165, 1.54) is 17.7 Å². The van der Waals surface area contributed by atoms with Gasteiger partial charge in [0.1, 0.15) is 0 Å². The number of non-ortho nitro benzene ring substituents is 1. The molecular formula is C18H21N3O2. The molecule has 5 nitrogen and oxygen atoms in total. The Morgan fingerprint density at radius 3 is 2.35 bits per heavy atom. The fourth-order valence-corrected chi connectivity index (χ4v) is 2.11. The third-order valence-electron chi connectivity index (χ3n) is 3.58. The molecule has 0 saturated heterocycles. The minimum absolute atomic E-state index is 0.0392. The summed E-state index contributed by atoms with van der Waals surface area (Å²) in [4.78, 5) is 10.3. The van der Waals surface area contributed by atoms with Crippen LogP contribution in [0.1, 0.15) is 38.8 Å². The molecule has 120 valence electrons. The van der Waals surface area contributed by atoms with E-state index in [4.69, 9.17) is 0 Å². The van der Waals surface area contributed by atoms with Gasteiger partial charge in [-0.15, -0.1) is 0 Å². The van der Waals surface area contributed by atoms with Gasteiger partial charge in [-0.3, -0.25) is 15.5 Å². The number of nitro benzene ring substituents is 1. The van der Waals surface area contributed by atoms with E-state index in [1.807, 2.05) is 19.1 Å². The molecule has 0 unspecified atom stereocenters. The molecule has 2 aromatic rings. The molecule has 0 atom stereocenters. The molecule has 5 heteroatoms. The SMILES string of the molecule is C/C(=N/Nc1cccc([N+](=O)[O-])c1)c1ccc(C(C)(C)C)cc1. The molecule has 0 aliphatic carbocycles. The van der Waals surface area contributed by atoms with Gasteiger partial charge in [0.15, 0.2) is 0 Å². The number of hydrazone groups is 1. The fourth-order valence-electron chi connectivity index (χ4n) is 2.11. The van der Waals surface area contributed by atoms with Crippen LogP contribution >= 0.6 is 0 Å². The second-order valence-electron chi connectivity index (χ2n) is 6.44. The maximum absolute atomic E-state index is 10.8. The van der Waals surface area contributed by atoms with Gasteiger partial charge >= 0.3 is 0 Å². The Morgan fingerprint density at radius 2 is 1.78 bits per heavy atom. The molecule has 0 heterocycles. The van der Waals surface area contributed by atoms with E-state index in [9.17, 15) is 10.1 Å². The highest BCUT2D eigenvalue weighted by Gasteiger charge is 2.13. The summed E-state index contributed by atoms with van der Waals surface area (Å²) in [6.07, 6.45) is 0. The van der Waals surface area contributed by atoms with Crippen LogP contribution in [0.3, 0.4) is 0 Å². The van der Waals surface area contributed by atoms with Gasteiger partial charge in [0, 0.05) is 12.1 Å². The standard InChI is InChI=1S/C18H21N3O2/c1-13(14-8-10-15(11-9-14)18(2,3)4)19-20-16-6-5-7-17(12-16)21(22)23/h5-12,20H,1-4H3/b19-13-. The molecule has 2 aromatic carbocycles. The second kappa shape index (κ2) is 6.60. The molecule has 0 radical (unpaired) electrons. The summed E-state index contributed by atoms with van der Waals surface area (Å²) in [7, 11) is 0. The molecule has 23 heavy (non-hydrogen) atoms. The van der Waals surface area contributed by atoms with Crippen LogP contribution in [0.15, 0.2) is 53.6 Å². The first kappa shape index (κ1) is 16.7. The number of nitro groups is 1. The summed E-state index contributed by atoms with van der Waals surface area (Å²) < 4.78 is 0. The average molecular weight is 311 g/mol. The van der Waals surface area contributed by atoms with Crippen LogP contribution < -0.4 is 5.43 Å². The molecule has 1 N–H and O–H groups in total. The van der Waals surface area contributed by atoms with Gasteiger partial charge in [0.25, 0.3) is 5.69 Å². The predicted octanol–water partition coefficient (Wildman–Crippen LogP) is 4.73. The van der Waals surface area contributed by atoms with E-state index in [2.05, 4.69) is 43.4 Å². The van der Waals surface area contributed by atoms with Crippen molar-refractivity contribution >= 4 is 17.1 Å². The summed E-state index contributed by atoms with van der Waals surface area (Å²) in [5.74, 6) is 0. The largest absolute Gasteiger partial charge is 0.278 e. The highest BCUT2D eigenvalue weighted by atomic mass is 16.6. The zero-order valence-corrected chi connectivity index (χ0v) is 13.8. The Balaban J connectivity index is 2.14. The number of nitrogens with zero attached hydrogens (tertiary/aromatic N) is 2. The highest BCUT2D eigenvalue weighted by Crippen LogP contribution is 2.22. The van der Waals surface area contributed by atoms with E-state index >= 15 is 0 Å². The van der Waals surface area contributed by atoms with Gasteiger partial charge in [-0.05, 0) is 29.5 Å². The number of hydrogen-bond donors (Lipinski definition) is 1. The zero-order chi connectivity index (χ0) is 17.0. The Labute approximate surface area is 136 Å². The lowest BCUT2D eigenvalue weighted by atomic mass is 9.86.